The molecule has 0 amide bonds. The largest absolute Gasteiger partial charge is 0.424 e. The van der Waals surface area contributed by atoms with E-state index in [1.54, 1.807) is 0 Å². The summed E-state index contributed by atoms with van der Waals surface area (Å²) in [5, 5.41) is 12.0. The highest BCUT2D eigenvalue weighted by Crippen LogP contribution is 2.41. The summed E-state index contributed by atoms with van der Waals surface area (Å²) in [7, 11) is 0. The minimum absolute atomic E-state index is 0.354. The first-order chi connectivity index (χ1) is 14.2. The molecule has 4 nitrogen and oxygen atoms in total. The molecule has 0 aliphatic carbocycles. The van der Waals surface area contributed by atoms with Crippen molar-refractivity contribution in [2.24, 2.45) is 0 Å². The SMILES string of the molecule is Clc1cccc(C2(c3nnc(Cc4cccc5ccccc45)o3)CCOCC2)c1. The molecule has 1 aliphatic rings. The van der Waals surface area contributed by atoms with Crippen molar-refractivity contribution in [2.75, 3.05) is 13.2 Å². The molecule has 1 aliphatic heterocycles. The number of ether oxygens (including phenoxy) is 1. The molecule has 5 rings (SSSR count). The third kappa shape index (κ3) is 3.43. The Morgan fingerprint density at radius 3 is 2.55 bits per heavy atom. The van der Waals surface area contributed by atoms with E-state index in [0.29, 0.717) is 36.4 Å². The van der Waals surface area contributed by atoms with Gasteiger partial charge < -0.3 is 9.15 Å². The van der Waals surface area contributed by atoms with Crippen LogP contribution in [0.2, 0.25) is 5.02 Å². The first kappa shape index (κ1) is 18.3. The van der Waals surface area contributed by atoms with Crippen LogP contribution in [0.5, 0.6) is 0 Å². The number of fused-ring (bicyclic) bond motifs is 1. The fourth-order valence-corrected chi connectivity index (χ4v) is 4.45. The van der Waals surface area contributed by atoms with Crippen molar-refractivity contribution < 1.29 is 9.15 Å². The van der Waals surface area contributed by atoms with Crippen LogP contribution in [-0.2, 0) is 16.6 Å². The highest BCUT2D eigenvalue weighted by atomic mass is 35.5. The maximum Gasteiger partial charge on any atom is 0.227 e. The van der Waals surface area contributed by atoms with Crippen molar-refractivity contribution in [1.29, 1.82) is 0 Å². The average Bonchev–Trinajstić information content (AvgIpc) is 3.24. The second-order valence-electron chi connectivity index (χ2n) is 7.52. The van der Waals surface area contributed by atoms with E-state index < -0.39 is 0 Å². The van der Waals surface area contributed by atoms with Gasteiger partial charge in [0, 0.05) is 18.2 Å². The lowest BCUT2D eigenvalue weighted by Gasteiger charge is -2.34. The lowest BCUT2D eigenvalue weighted by molar-refractivity contribution is 0.0541. The Bertz CT molecular complexity index is 1140. The summed E-state index contributed by atoms with van der Waals surface area (Å²) in [4.78, 5) is 0. The molecule has 1 saturated heterocycles. The molecule has 0 radical (unpaired) electrons. The fraction of sp³-hybridized carbons (Fsp3) is 0.250. The molecule has 0 unspecified atom stereocenters. The lowest BCUT2D eigenvalue weighted by Crippen LogP contribution is -2.35. The van der Waals surface area contributed by atoms with Crippen LogP contribution < -0.4 is 0 Å². The van der Waals surface area contributed by atoms with Crippen molar-refractivity contribution >= 4 is 22.4 Å². The predicted octanol–water partition coefficient (Wildman–Crippen LogP) is 5.56. The number of rotatable bonds is 4. The molecule has 0 bridgehead atoms. The molecule has 0 atom stereocenters. The van der Waals surface area contributed by atoms with E-state index in [-0.39, 0.29) is 5.41 Å². The monoisotopic (exact) mass is 404 g/mol. The van der Waals surface area contributed by atoms with Gasteiger partial charge in [-0.05, 0) is 46.9 Å². The number of halogens is 1. The Balaban J connectivity index is 1.52. The van der Waals surface area contributed by atoms with E-state index in [9.17, 15) is 0 Å². The lowest BCUT2D eigenvalue weighted by atomic mass is 9.74. The molecule has 0 N–H and O–H groups in total. The molecule has 2 heterocycles. The van der Waals surface area contributed by atoms with Gasteiger partial charge in [0.1, 0.15) is 0 Å². The van der Waals surface area contributed by atoms with Gasteiger partial charge in [-0.1, -0.05) is 66.2 Å². The Labute approximate surface area is 174 Å². The molecule has 29 heavy (non-hydrogen) atoms. The fourth-order valence-electron chi connectivity index (χ4n) is 4.26. The molecule has 146 valence electrons. The van der Waals surface area contributed by atoms with Gasteiger partial charge in [-0.3, -0.25) is 0 Å². The average molecular weight is 405 g/mol. The Morgan fingerprint density at radius 1 is 0.897 bits per heavy atom. The summed E-state index contributed by atoms with van der Waals surface area (Å²) in [5.41, 5.74) is 1.93. The smallest absolute Gasteiger partial charge is 0.227 e. The minimum Gasteiger partial charge on any atom is -0.424 e. The van der Waals surface area contributed by atoms with E-state index in [1.807, 2.05) is 18.2 Å². The van der Waals surface area contributed by atoms with Gasteiger partial charge in [-0.25, -0.2) is 0 Å². The first-order valence-electron chi connectivity index (χ1n) is 9.88. The number of aromatic nitrogens is 2. The highest BCUT2D eigenvalue weighted by Gasteiger charge is 2.41. The molecular weight excluding hydrogens is 384 g/mol. The summed E-state index contributed by atoms with van der Waals surface area (Å²) in [5.74, 6) is 1.28. The minimum atomic E-state index is -0.354. The van der Waals surface area contributed by atoms with Crippen LogP contribution in [0.25, 0.3) is 10.8 Å². The highest BCUT2D eigenvalue weighted by molar-refractivity contribution is 6.30. The van der Waals surface area contributed by atoms with Crippen LogP contribution in [0.1, 0.15) is 35.7 Å². The van der Waals surface area contributed by atoms with Crippen molar-refractivity contribution in [3.63, 3.8) is 0 Å². The molecule has 0 spiro atoms. The van der Waals surface area contributed by atoms with Crippen molar-refractivity contribution in [3.8, 4) is 0 Å². The van der Waals surface area contributed by atoms with Gasteiger partial charge in [0.25, 0.3) is 0 Å². The Kier molecular flexibility index (Phi) is 4.82. The van der Waals surface area contributed by atoms with Gasteiger partial charge >= 0.3 is 0 Å². The van der Waals surface area contributed by atoms with Gasteiger partial charge in [0.2, 0.25) is 11.8 Å². The van der Waals surface area contributed by atoms with Gasteiger partial charge in [-0.15, -0.1) is 10.2 Å². The van der Waals surface area contributed by atoms with Gasteiger partial charge in [-0.2, -0.15) is 0 Å². The predicted molar refractivity (Wildman–Crippen MR) is 113 cm³/mol. The van der Waals surface area contributed by atoms with Crippen LogP contribution in [-0.4, -0.2) is 23.4 Å². The summed E-state index contributed by atoms with van der Waals surface area (Å²) in [6.07, 6.45) is 2.20. The molecule has 5 heteroatoms. The topological polar surface area (TPSA) is 48.2 Å². The zero-order valence-corrected chi connectivity index (χ0v) is 16.7. The standard InChI is InChI=1S/C24H21ClN2O2/c25-20-9-4-8-19(16-20)24(11-13-28-14-12-24)23-27-26-22(29-23)15-18-7-3-6-17-5-1-2-10-21(17)18/h1-10,16H,11-15H2. The number of benzene rings is 3. The van der Waals surface area contributed by atoms with Gasteiger partial charge in [0.05, 0.1) is 11.8 Å². The molecule has 4 aromatic rings. The number of nitrogens with zero attached hydrogens (tertiary/aromatic N) is 2. The molecule has 3 aromatic carbocycles. The van der Waals surface area contributed by atoms with Crippen LogP contribution in [0.4, 0.5) is 0 Å². The van der Waals surface area contributed by atoms with Crippen LogP contribution >= 0.6 is 11.6 Å². The number of hydrogen-bond acceptors (Lipinski definition) is 4. The molecule has 1 aromatic heterocycles. The van der Waals surface area contributed by atoms with Crippen molar-refractivity contribution in [3.05, 3.63) is 94.7 Å². The quantitative estimate of drug-likeness (QED) is 0.446. The van der Waals surface area contributed by atoms with E-state index in [1.165, 1.54) is 16.3 Å². The maximum atomic E-state index is 6.28. The van der Waals surface area contributed by atoms with Gasteiger partial charge in [0.15, 0.2) is 0 Å². The molecule has 0 saturated carbocycles. The molecule has 1 fully saturated rings. The zero-order valence-electron chi connectivity index (χ0n) is 16.0. The van der Waals surface area contributed by atoms with E-state index in [2.05, 4.69) is 58.7 Å². The number of hydrogen-bond donors (Lipinski definition) is 0. The van der Waals surface area contributed by atoms with E-state index in [0.717, 1.165) is 18.4 Å². The maximum absolute atomic E-state index is 6.28. The summed E-state index contributed by atoms with van der Waals surface area (Å²) >= 11 is 6.28. The Hall–Kier alpha value is -2.69. The molecular formula is C24H21ClN2O2. The first-order valence-corrected chi connectivity index (χ1v) is 10.3. The van der Waals surface area contributed by atoms with Crippen molar-refractivity contribution in [1.82, 2.24) is 10.2 Å². The van der Waals surface area contributed by atoms with E-state index >= 15 is 0 Å². The van der Waals surface area contributed by atoms with Crippen molar-refractivity contribution in [2.45, 2.75) is 24.7 Å². The van der Waals surface area contributed by atoms with Crippen LogP contribution in [0, 0.1) is 0 Å². The van der Waals surface area contributed by atoms with Crippen LogP contribution in [0.3, 0.4) is 0 Å². The summed E-state index contributed by atoms with van der Waals surface area (Å²) < 4.78 is 11.9. The summed E-state index contributed by atoms with van der Waals surface area (Å²) in [6, 6.07) is 22.6. The third-order valence-electron chi connectivity index (χ3n) is 5.82. The normalized spacial score (nSPS) is 16.2. The third-order valence-corrected chi connectivity index (χ3v) is 6.06. The van der Waals surface area contributed by atoms with Crippen LogP contribution in [0.15, 0.2) is 71.1 Å². The second kappa shape index (κ2) is 7.62. The Morgan fingerprint density at radius 2 is 1.69 bits per heavy atom. The zero-order chi connectivity index (χ0) is 19.7. The van der Waals surface area contributed by atoms with E-state index in [4.69, 9.17) is 20.8 Å². The summed E-state index contributed by atoms with van der Waals surface area (Å²) in [6.45, 7) is 1.32. The second-order valence-corrected chi connectivity index (χ2v) is 7.96.